The van der Waals surface area contributed by atoms with Gasteiger partial charge >= 0.3 is 6.18 Å². The predicted molar refractivity (Wildman–Crippen MR) is 152 cm³/mol. The first-order valence-corrected chi connectivity index (χ1v) is 15.3. The molecule has 1 atom stereocenters. The third-order valence-electron chi connectivity index (χ3n) is 7.60. The average molecular weight is 626 g/mol. The Morgan fingerprint density at radius 3 is 2.61 bits per heavy atom. The van der Waals surface area contributed by atoms with Crippen molar-refractivity contribution < 1.29 is 35.9 Å². The number of alkyl halides is 3. The number of rotatable bonds is 7. The maximum absolute atomic E-state index is 13.8. The molecule has 0 saturated heterocycles. The molecule has 2 aliphatic rings. The van der Waals surface area contributed by atoms with E-state index < -0.39 is 45.9 Å². The molecule has 3 heterocycles. The molecule has 1 aliphatic heterocycles. The van der Waals surface area contributed by atoms with E-state index in [0.29, 0.717) is 24.0 Å². The maximum atomic E-state index is 13.8. The van der Waals surface area contributed by atoms with Crippen molar-refractivity contribution >= 4 is 21.8 Å². The summed E-state index contributed by atoms with van der Waals surface area (Å²) in [4.78, 5) is 31.7. The number of pyridine rings is 1. The number of sulfonamides is 1. The zero-order valence-electron chi connectivity index (χ0n) is 23.3. The summed E-state index contributed by atoms with van der Waals surface area (Å²) >= 11 is 0. The van der Waals surface area contributed by atoms with Gasteiger partial charge in [0.25, 0.3) is 11.8 Å². The molecule has 4 aromatic rings. The highest BCUT2D eigenvalue weighted by Crippen LogP contribution is 2.44. The van der Waals surface area contributed by atoms with Gasteiger partial charge in [0.15, 0.2) is 12.4 Å². The molecule has 2 aromatic heterocycles. The summed E-state index contributed by atoms with van der Waals surface area (Å²) in [6.45, 7) is 0.399. The van der Waals surface area contributed by atoms with Gasteiger partial charge in [-0.3, -0.25) is 9.59 Å². The molecule has 0 radical (unpaired) electrons. The molecule has 0 saturated carbocycles. The zero-order valence-corrected chi connectivity index (χ0v) is 24.1. The molecule has 2 amide bonds. The molecular formula is C30H26F3N5O5S. The number of hydrogen-bond donors (Lipinski definition) is 2. The summed E-state index contributed by atoms with van der Waals surface area (Å²) in [6.07, 6.45) is -1.89. The van der Waals surface area contributed by atoms with E-state index in [-0.39, 0.29) is 34.9 Å². The molecule has 2 N–H and O–H groups in total. The first kappa shape index (κ1) is 29.4. The van der Waals surface area contributed by atoms with Gasteiger partial charge in [-0.05, 0) is 60.2 Å². The van der Waals surface area contributed by atoms with E-state index in [1.165, 1.54) is 16.8 Å². The van der Waals surface area contributed by atoms with Gasteiger partial charge in [0.05, 0.1) is 22.5 Å². The van der Waals surface area contributed by atoms with Crippen LogP contribution < -0.4 is 14.8 Å². The molecule has 1 aliphatic carbocycles. The van der Waals surface area contributed by atoms with E-state index >= 15 is 0 Å². The number of fused-ring (bicyclic) bond motifs is 3. The highest BCUT2D eigenvalue weighted by Gasteiger charge is 2.47. The van der Waals surface area contributed by atoms with Gasteiger partial charge in [-0.1, -0.05) is 42.5 Å². The van der Waals surface area contributed by atoms with Crippen molar-refractivity contribution in [3.05, 3.63) is 106 Å². The number of nitrogens with one attached hydrogen (secondary N) is 2. The highest BCUT2D eigenvalue weighted by molar-refractivity contribution is 7.89. The average Bonchev–Trinajstić information content (AvgIpc) is 3.51. The number of aromatic nitrogens is 3. The summed E-state index contributed by atoms with van der Waals surface area (Å²) in [5, 5.41) is 7.58. The molecule has 0 unspecified atom stereocenters. The molecule has 1 spiro atoms. The number of aryl methyl sites for hydroxylation is 2. The summed E-state index contributed by atoms with van der Waals surface area (Å²) in [5.41, 5.74) is 1.68. The van der Waals surface area contributed by atoms with Gasteiger partial charge in [-0.25, -0.2) is 22.8 Å². The lowest BCUT2D eigenvalue weighted by Gasteiger charge is -2.35. The van der Waals surface area contributed by atoms with E-state index in [2.05, 4.69) is 20.1 Å². The van der Waals surface area contributed by atoms with Crippen LogP contribution in [0.15, 0.2) is 66.9 Å². The second-order valence-electron chi connectivity index (χ2n) is 10.9. The third-order valence-corrected chi connectivity index (χ3v) is 8.81. The molecule has 0 fully saturated rings. The van der Waals surface area contributed by atoms with E-state index in [0.717, 1.165) is 11.1 Å². The van der Waals surface area contributed by atoms with Crippen molar-refractivity contribution in [2.75, 3.05) is 6.61 Å². The Bertz CT molecular complexity index is 1880. The number of carbonyl (C=O) groups excluding carboxylic acids is 2. The van der Waals surface area contributed by atoms with E-state index in [4.69, 9.17) is 4.74 Å². The molecule has 228 valence electrons. The Kier molecular flexibility index (Phi) is 7.19. The van der Waals surface area contributed by atoms with Crippen molar-refractivity contribution in [2.45, 2.75) is 43.7 Å². The molecule has 6 rings (SSSR count). The minimum Gasteiger partial charge on any atom is -0.484 e. The Labute approximate surface area is 250 Å². The van der Waals surface area contributed by atoms with Crippen LogP contribution in [0, 0.1) is 6.92 Å². The van der Waals surface area contributed by atoms with Gasteiger partial charge in [0.1, 0.15) is 11.4 Å². The molecule has 10 nitrogen and oxygen atoms in total. The fourth-order valence-electron chi connectivity index (χ4n) is 5.71. The molecule has 14 heteroatoms. The molecule has 0 bridgehead atoms. The van der Waals surface area contributed by atoms with Crippen LogP contribution in [0.4, 0.5) is 13.2 Å². The lowest BCUT2D eigenvalue weighted by molar-refractivity contribution is -0.153. The van der Waals surface area contributed by atoms with Crippen LogP contribution in [0.1, 0.15) is 55.2 Å². The Balaban J connectivity index is 1.36. The number of halogens is 3. The highest BCUT2D eigenvalue weighted by atomic mass is 32.2. The SMILES string of the molecule is Cc1ccc(-n2nc3c(c2C(=O)NS(=O)(=O)Cc2ccccc2)C(=O)N[C@@]2(CCc4cc(OCC(F)(F)F)ccc42)C3)nc1. The summed E-state index contributed by atoms with van der Waals surface area (Å²) in [7, 11) is -4.16. The standard InChI is InChI=1S/C30H26F3N5O5S/c1-18-7-10-24(34-15-18)38-26(28(40)37-44(41,42)16-19-5-3-2-4-6-19)25-23(36-38)14-29(35-27(25)39)12-11-20-13-21(8-9-22(20)29)43-17-30(31,32)33/h2-10,13,15H,11-12,14,16-17H2,1H3,(H,35,39)(H,37,40)/t29-/m0/s1. The third kappa shape index (κ3) is 5.76. The maximum Gasteiger partial charge on any atom is 0.422 e. The predicted octanol–water partition coefficient (Wildman–Crippen LogP) is 3.90. The van der Waals surface area contributed by atoms with Crippen LogP contribution in [0.25, 0.3) is 5.82 Å². The number of amides is 2. The van der Waals surface area contributed by atoms with Crippen LogP contribution in [-0.2, 0) is 34.2 Å². The van der Waals surface area contributed by atoms with Crippen LogP contribution in [-0.4, -0.2) is 47.8 Å². The first-order valence-electron chi connectivity index (χ1n) is 13.6. The smallest absolute Gasteiger partial charge is 0.422 e. The Morgan fingerprint density at radius 1 is 1.14 bits per heavy atom. The van der Waals surface area contributed by atoms with Crippen molar-refractivity contribution in [3.8, 4) is 11.6 Å². The van der Waals surface area contributed by atoms with Crippen molar-refractivity contribution in [2.24, 2.45) is 0 Å². The minimum absolute atomic E-state index is 0.0614. The van der Waals surface area contributed by atoms with E-state index in [1.54, 1.807) is 54.7 Å². The van der Waals surface area contributed by atoms with E-state index in [1.807, 2.05) is 6.92 Å². The van der Waals surface area contributed by atoms with Gasteiger partial charge in [-0.15, -0.1) is 0 Å². The minimum atomic E-state index is -4.48. The number of benzene rings is 2. The monoisotopic (exact) mass is 625 g/mol. The number of carbonyl (C=O) groups is 2. The second-order valence-corrected chi connectivity index (χ2v) is 12.6. The number of hydrogen-bond acceptors (Lipinski definition) is 7. The van der Waals surface area contributed by atoms with Gasteiger partial charge < -0.3 is 10.1 Å². The van der Waals surface area contributed by atoms with Crippen molar-refractivity contribution in [1.29, 1.82) is 0 Å². The van der Waals surface area contributed by atoms with Crippen LogP contribution in [0.2, 0.25) is 0 Å². The summed E-state index contributed by atoms with van der Waals surface area (Å²) < 4.78 is 72.1. The normalized spacial score (nSPS) is 17.6. The largest absolute Gasteiger partial charge is 0.484 e. The summed E-state index contributed by atoms with van der Waals surface area (Å²) in [5.74, 6) is -1.87. The summed E-state index contributed by atoms with van der Waals surface area (Å²) in [6, 6.07) is 16.2. The van der Waals surface area contributed by atoms with Gasteiger partial charge in [0.2, 0.25) is 10.0 Å². The van der Waals surface area contributed by atoms with Crippen molar-refractivity contribution in [3.63, 3.8) is 0 Å². The number of nitrogens with zero attached hydrogens (tertiary/aromatic N) is 3. The van der Waals surface area contributed by atoms with Gasteiger partial charge in [-0.2, -0.15) is 18.3 Å². The van der Waals surface area contributed by atoms with E-state index in [9.17, 15) is 31.2 Å². The fourth-order valence-corrected chi connectivity index (χ4v) is 6.79. The lowest BCUT2D eigenvalue weighted by atomic mass is 9.82. The zero-order chi connectivity index (χ0) is 31.3. The number of ether oxygens (including phenoxy) is 1. The van der Waals surface area contributed by atoms with Crippen LogP contribution in [0.5, 0.6) is 5.75 Å². The lowest BCUT2D eigenvalue weighted by Crippen LogP contribution is -2.50. The molecular weight excluding hydrogens is 599 g/mol. The molecule has 2 aromatic carbocycles. The quantitative estimate of drug-likeness (QED) is 0.318. The second kappa shape index (κ2) is 10.8. The topological polar surface area (TPSA) is 132 Å². The Hall–Kier alpha value is -4.72. The fraction of sp³-hybridized carbons (Fsp3) is 0.267. The molecule has 44 heavy (non-hydrogen) atoms. The first-order chi connectivity index (χ1) is 20.8. The Morgan fingerprint density at radius 2 is 1.91 bits per heavy atom. The van der Waals surface area contributed by atoms with Crippen LogP contribution in [0.3, 0.4) is 0 Å². The van der Waals surface area contributed by atoms with Crippen LogP contribution >= 0.6 is 0 Å². The van der Waals surface area contributed by atoms with Gasteiger partial charge in [0, 0.05) is 12.6 Å². The van der Waals surface area contributed by atoms with Crippen molar-refractivity contribution in [1.82, 2.24) is 24.8 Å².